The fourth-order valence-corrected chi connectivity index (χ4v) is 6.49. The van der Waals surface area contributed by atoms with Crippen molar-refractivity contribution in [2.75, 3.05) is 0 Å². The molecule has 2 heterocycles. The molecule has 2 aromatic heterocycles. The molecule has 0 saturated heterocycles. The first-order valence-electron chi connectivity index (χ1n) is 17.4. The van der Waals surface area contributed by atoms with E-state index in [1.165, 1.54) is 11.1 Å². The molecular weight excluding hydrogens is 623 g/mol. The Hall–Kier alpha value is -6.33. The van der Waals surface area contributed by atoms with Gasteiger partial charge >= 0.3 is 0 Å². The van der Waals surface area contributed by atoms with E-state index in [2.05, 4.69) is 102 Å². The Balaban J connectivity index is 1.26. The van der Waals surface area contributed by atoms with Crippen LogP contribution in [0.3, 0.4) is 0 Å². The van der Waals surface area contributed by atoms with Crippen molar-refractivity contribution in [3.8, 4) is 67.8 Å². The normalized spacial score (nSPS) is 13.9. The van der Waals surface area contributed by atoms with E-state index in [-0.39, 0.29) is 0 Å². The quantitative estimate of drug-likeness (QED) is 0.170. The summed E-state index contributed by atoms with van der Waals surface area (Å²) in [5.74, 6) is 3.21. The maximum absolute atomic E-state index is 5.07. The topological polar surface area (TPSA) is 64.5 Å². The van der Waals surface area contributed by atoms with Crippen molar-refractivity contribution < 1.29 is 0 Å². The molecule has 0 saturated carbocycles. The third-order valence-electron chi connectivity index (χ3n) is 9.21. The molecule has 0 amide bonds. The second-order valence-corrected chi connectivity index (χ2v) is 13.2. The number of rotatable bonds is 7. The number of benzene rings is 5. The molecule has 5 heteroatoms. The van der Waals surface area contributed by atoms with Crippen molar-refractivity contribution in [3.63, 3.8) is 0 Å². The van der Waals surface area contributed by atoms with Gasteiger partial charge < -0.3 is 0 Å². The van der Waals surface area contributed by atoms with Crippen molar-refractivity contribution in [2.45, 2.75) is 27.2 Å². The van der Waals surface area contributed by atoms with E-state index in [1.54, 1.807) is 0 Å². The van der Waals surface area contributed by atoms with Crippen LogP contribution in [-0.2, 0) is 0 Å². The smallest absolute Gasteiger partial charge is 0.164 e. The van der Waals surface area contributed by atoms with Crippen LogP contribution in [0.1, 0.15) is 30.3 Å². The minimum Gasteiger partial charge on any atom is -0.233 e. The second-order valence-electron chi connectivity index (χ2n) is 13.2. The van der Waals surface area contributed by atoms with Crippen LogP contribution in [0, 0.1) is 19.8 Å². The molecule has 0 N–H and O–H groups in total. The summed E-state index contributed by atoms with van der Waals surface area (Å²) < 4.78 is 0. The molecule has 8 rings (SSSR count). The van der Waals surface area contributed by atoms with E-state index < -0.39 is 0 Å². The molecular formula is C46H37N5. The minimum absolute atomic E-state index is 0.580. The molecule has 7 aromatic rings. The largest absolute Gasteiger partial charge is 0.233 e. The third kappa shape index (κ3) is 7.06. The van der Waals surface area contributed by atoms with Crippen LogP contribution >= 0.6 is 0 Å². The van der Waals surface area contributed by atoms with Crippen molar-refractivity contribution >= 4 is 5.57 Å². The summed E-state index contributed by atoms with van der Waals surface area (Å²) in [5, 5.41) is 0. The van der Waals surface area contributed by atoms with Crippen molar-refractivity contribution in [3.05, 3.63) is 169 Å². The van der Waals surface area contributed by atoms with Crippen LogP contribution in [0.5, 0.6) is 0 Å². The third-order valence-corrected chi connectivity index (χ3v) is 9.21. The van der Waals surface area contributed by atoms with Gasteiger partial charge in [0.2, 0.25) is 0 Å². The number of aryl methyl sites for hydroxylation is 2. The number of hydrogen-bond donors (Lipinski definition) is 0. The molecule has 1 atom stereocenters. The van der Waals surface area contributed by atoms with Gasteiger partial charge in [0.1, 0.15) is 0 Å². The standard InChI is InChI=1S/C46H37N5/c1-30-14-16-33(17-15-30)34-18-20-35(21-19-34)40-27-41(36-22-24-39(25-23-36)43-47-31(2)26-32(3)48-43)29-42(28-40)46-50-44(37-10-6-4-7-11-37)49-45(51-46)38-12-8-5-9-13-38/h4-14,16-30H,15H2,1-3H3. The molecule has 1 aliphatic carbocycles. The number of allylic oxidation sites excluding steroid dienone is 4. The summed E-state index contributed by atoms with van der Waals surface area (Å²) in [5.41, 5.74) is 12.5. The molecule has 0 radical (unpaired) electrons. The fourth-order valence-electron chi connectivity index (χ4n) is 6.49. The van der Waals surface area contributed by atoms with E-state index in [9.17, 15) is 0 Å². The summed E-state index contributed by atoms with van der Waals surface area (Å²) in [6.07, 6.45) is 7.93. The van der Waals surface area contributed by atoms with Gasteiger partial charge in [0.15, 0.2) is 23.3 Å². The Morgan fingerprint density at radius 3 is 1.31 bits per heavy atom. The predicted molar refractivity (Wildman–Crippen MR) is 208 cm³/mol. The second kappa shape index (κ2) is 13.9. The van der Waals surface area contributed by atoms with E-state index in [0.29, 0.717) is 23.4 Å². The number of hydrogen-bond acceptors (Lipinski definition) is 5. The monoisotopic (exact) mass is 659 g/mol. The molecule has 0 fully saturated rings. The highest BCUT2D eigenvalue weighted by Crippen LogP contribution is 2.35. The van der Waals surface area contributed by atoms with E-state index in [1.807, 2.05) is 80.6 Å². The van der Waals surface area contributed by atoms with Crippen LogP contribution in [0.15, 0.2) is 152 Å². The van der Waals surface area contributed by atoms with Gasteiger partial charge in [-0.15, -0.1) is 0 Å². The van der Waals surface area contributed by atoms with Gasteiger partial charge in [0, 0.05) is 33.6 Å². The van der Waals surface area contributed by atoms with Gasteiger partial charge in [-0.3, -0.25) is 0 Å². The molecule has 51 heavy (non-hydrogen) atoms. The van der Waals surface area contributed by atoms with E-state index in [0.717, 1.165) is 68.1 Å². The van der Waals surface area contributed by atoms with Crippen LogP contribution in [0.4, 0.5) is 0 Å². The maximum Gasteiger partial charge on any atom is 0.164 e. The zero-order chi connectivity index (χ0) is 34.7. The first kappa shape index (κ1) is 31.9. The van der Waals surface area contributed by atoms with Crippen LogP contribution in [0.25, 0.3) is 73.4 Å². The Bertz CT molecular complexity index is 2320. The fraction of sp³-hybridized carbons (Fsp3) is 0.109. The zero-order valence-corrected chi connectivity index (χ0v) is 29.0. The van der Waals surface area contributed by atoms with Gasteiger partial charge in [-0.25, -0.2) is 24.9 Å². The van der Waals surface area contributed by atoms with Gasteiger partial charge in [0.25, 0.3) is 0 Å². The van der Waals surface area contributed by atoms with Gasteiger partial charge in [0.05, 0.1) is 0 Å². The highest BCUT2D eigenvalue weighted by Gasteiger charge is 2.16. The Morgan fingerprint density at radius 2 is 0.824 bits per heavy atom. The van der Waals surface area contributed by atoms with Crippen molar-refractivity contribution in [1.82, 2.24) is 24.9 Å². The Morgan fingerprint density at radius 1 is 0.412 bits per heavy atom. The molecule has 0 spiro atoms. The summed E-state index contributed by atoms with van der Waals surface area (Å²) in [6, 6.07) is 46.2. The lowest BCUT2D eigenvalue weighted by atomic mass is 9.92. The summed E-state index contributed by atoms with van der Waals surface area (Å²) in [7, 11) is 0. The van der Waals surface area contributed by atoms with E-state index >= 15 is 0 Å². The summed E-state index contributed by atoms with van der Waals surface area (Å²) >= 11 is 0. The molecule has 5 nitrogen and oxygen atoms in total. The number of aromatic nitrogens is 5. The number of nitrogens with zero attached hydrogens (tertiary/aromatic N) is 5. The Kier molecular flexibility index (Phi) is 8.69. The van der Waals surface area contributed by atoms with Gasteiger partial charge in [-0.05, 0) is 83.8 Å². The highest BCUT2D eigenvalue weighted by atomic mass is 15.0. The molecule has 5 aromatic carbocycles. The van der Waals surface area contributed by atoms with E-state index in [4.69, 9.17) is 15.0 Å². The average molecular weight is 660 g/mol. The predicted octanol–water partition coefficient (Wildman–Crippen LogP) is 11.3. The molecule has 0 bridgehead atoms. The van der Waals surface area contributed by atoms with Gasteiger partial charge in [-0.1, -0.05) is 134 Å². The van der Waals surface area contributed by atoms with Gasteiger partial charge in [-0.2, -0.15) is 0 Å². The average Bonchev–Trinajstić information content (AvgIpc) is 3.18. The first-order chi connectivity index (χ1) is 24.9. The Labute approximate surface area is 299 Å². The van der Waals surface area contributed by atoms with Crippen LogP contribution in [-0.4, -0.2) is 24.9 Å². The lowest BCUT2D eigenvalue weighted by Gasteiger charge is -2.14. The first-order valence-corrected chi connectivity index (χ1v) is 17.4. The minimum atomic E-state index is 0.580. The zero-order valence-electron chi connectivity index (χ0n) is 29.0. The van der Waals surface area contributed by atoms with Crippen LogP contribution in [0.2, 0.25) is 0 Å². The lowest BCUT2D eigenvalue weighted by molar-refractivity contribution is 0.739. The van der Waals surface area contributed by atoms with Crippen molar-refractivity contribution in [1.29, 1.82) is 0 Å². The molecule has 1 aliphatic rings. The highest BCUT2D eigenvalue weighted by molar-refractivity contribution is 5.82. The summed E-state index contributed by atoms with van der Waals surface area (Å²) in [4.78, 5) is 24.4. The van der Waals surface area contributed by atoms with Crippen molar-refractivity contribution in [2.24, 2.45) is 5.92 Å². The summed E-state index contributed by atoms with van der Waals surface area (Å²) in [6.45, 7) is 6.26. The molecule has 1 unspecified atom stereocenters. The lowest BCUT2D eigenvalue weighted by Crippen LogP contribution is -2.00. The molecule has 246 valence electrons. The maximum atomic E-state index is 5.07. The SMILES string of the molecule is Cc1cc(C)nc(-c2ccc(-c3cc(-c4ccc(C5=CCC(C)C=C5)cc4)cc(-c4nc(-c5ccccc5)nc(-c5ccccc5)n4)c3)cc2)n1. The molecule has 0 aliphatic heterocycles. The van der Waals surface area contributed by atoms with Crippen LogP contribution < -0.4 is 0 Å².